The molecule has 3 unspecified atom stereocenters. The molecule has 1 aliphatic carbocycles. The maximum Gasteiger partial charge on any atom is 0.222 e. The molecule has 0 N–H and O–H groups in total. The second kappa shape index (κ2) is 6.03. The fourth-order valence-electron chi connectivity index (χ4n) is 2.79. The molecular formula is C12H19Cl2NOS. The maximum atomic E-state index is 12.0. The topological polar surface area (TPSA) is 20.3 Å². The van der Waals surface area contributed by atoms with Gasteiger partial charge in [-0.3, -0.25) is 4.79 Å². The molecule has 0 aromatic carbocycles. The normalized spacial score (nSPS) is 39.5. The summed E-state index contributed by atoms with van der Waals surface area (Å²) in [6.45, 7) is 0.817. The molecule has 0 aromatic rings. The Bertz CT molecular complexity index is 280. The van der Waals surface area contributed by atoms with Gasteiger partial charge in [0.1, 0.15) is 0 Å². The highest BCUT2D eigenvalue weighted by Gasteiger charge is 2.40. The molecule has 2 fully saturated rings. The summed E-state index contributed by atoms with van der Waals surface area (Å²) >= 11 is 14.6. The first kappa shape index (κ1) is 13.8. The number of likely N-dealkylation sites (tertiary alicyclic amines) is 1. The van der Waals surface area contributed by atoms with Crippen molar-refractivity contribution in [2.75, 3.05) is 12.8 Å². The van der Waals surface area contributed by atoms with Crippen LogP contribution in [0.25, 0.3) is 0 Å². The van der Waals surface area contributed by atoms with Crippen LogP contribution < -0.4 is 0 Å². The van der Waals surface area contributed by atoms with Crippen molar-refractivity contribution in [2.45, 2.75) is 54.2 Å². The molecule has 5 heteroatoms. The van der Waals surface area contributed by atoms with Crippen molar-refractivity contribution >= 4 is 40.9 Å². The number of amides is 1. The van der Waals surface area contributed by atoms with Gasteiger partial charge in [-0.2, -0.15) is 11.8 Å². The largest absolute Gasteiger partial charge is 0.336 e. The van der Waals surface area contributed by atoms with E-state index in [0.717, 1.165) is 32.2 Å². The molecule has 1 aliphatic heterocycles. The SMILES string of the molecule is CSC1CCC(=O)N(C2C(Cl)CCCC2Cl)C1. The fraction of sp³-hybridized carbons (Fsp3) is 0.917. The Morgan fingerprint density at radius 2 is 1.88 bits per heavy atom. The molecule has 0 radical (unpaired) electrons. The lowest BCUT2D eigenvalue weighted by molar-refractivity contribution is -0.136. The van der Waals surface area contributed by atoms with E-state index in [1.165, 1.54) is 0 Å². The van der Waals surface area contributed by atoms with E-state index in [4.69, 9.17) is 23.2 Å². The van der Waals surface area contributed by atoms with E-state index >= 15 is 0 Å². The van der Waals surface area contributed by atoms with Crippen LogP contribution >= 0.6 is 35.0 Å². The quantitative estimate of drug-likeness (QED) is 0.730. The minimum absolute atomic E-state index is 0.0239. The monoisotopic (exact) mass is 295 g/mol. The Hall–Kier alpha value is 0.400. The molecule has 2 rings (SSSR count). The van der Waals surface area contributed by atoms with Gasteiger partial charge in [-0.05, 0) is 25.5 Å². The number of piperidine rings is 1. The zero-order chi connectivity index (χ0) is 12.4. The molecule has 0 aromatic heterocycles. The van der Waals surface area contributed by atoms with E-state index in [1.54, 1.807) is 0 Å². The minimum atomic E-state index is 0.0239. The first-order valence-corrected chi connectivity index (χ1v) is 8.40. The van der Waals surface area contributed by atoms with Crippen LogP contribution in [0.5, 0.6) is 0 Å². The number of hydrogen-bond acceptors (Lipinski definition) is 2. The lowest BCUT2D eigenvalue weighted by Gasteiger charge is -2.43. The van der Waals surface area contributed by atoms with Crippen molar-refractivity contribution in [3.05, 3.63) is 0 Å². The highest BCUT2D eigenvalue weighted by atomic mass is 35.5. The zero-order valence-electron chi connectivity index (χ0n) is 10.1. The van der Waals surface area contributed by atoms with E-state index in [-0.39, 0.29) is 22.7 Å². The van der Waals surface area contributed by atoms with Crippen LogP contribution in [0.1, 0.15) is 32.1 Å². The number of nitrogens with zero attached hydrogens (tertiary/aromatic N) is 1. The van der Waals surface area contributed by atoms with Crippen molar-refractivity contribution in [1.29, 1.82) is 0 Å². The van der Waals surface area contributed by atoms with E-state index in [2.05, 4.69) is 6.26 Å². The van der Waals surface area contributed by atoms with Crippen molar-refractivity contribution in [3.63, 3.8) is 0 Å². The standard InChI is InChI=1S/C12H19Cl2NOS/c1-17-8-5-6-11(16)15(7-8)12-9(13)3-2-4-10(12)14/h8-10,12H,2-7H2,1H3. The molecule has 2 nitrogen and oxygen atoms in total. The molecule has 1 heterocycles. The van der Waals surface area contributed by atoms with Crippen LogP contribution in [-0.2, 0) is 4.79 Å². The summed E-state index contributed by atoms with van der Waals surface area (Å²) in [5.74, 6) is 0.235. The molecule has 98 valence electrons. The molecule has 2 aliphatic rings. The van der Waals surface area contributed by atoms with Gasteiger partial charge in [-0.25, -0.2) is 0 Å². The predicted octanol–water partition coefficient (Wildman–Crippen LogP) is 3.11. The molecule has 0 bridgehead atoms. The van der Waals surface area contributed by atoms with Gasteiger partial charge in [0, 0.05) is 18.2 Å². The van der Waals surface area contributed by atoms with Crippen molar-refractivity contribution in [3.8, 4) is 0 Å². The van der Waals surface area contributed by atoms with Crippen LogP contribution in [0, 0.1) is 0 Å². The number of carbonyl (C=O) groups excluding carboxylic acids is 1. The summed E-state index contributed by atoms with van der Waals surface area (Å²) < 4.78 is 0. The lowest BCUT2D eigenvalue weighted by Crippen LogP contribution is -2.55. The van der Waals surface area contributed by atoms with Gasteiger partial charge in [0.15, 0.2) is 0 Å². The van der Waals surface area contributed by atoms with Gasteiger partial charge in [0.05, 0.1) is 16.8 Å². The van der Waals surface area contributed by atoms with Crippen LogP contribution in [0.2, 0.25) is 0 Å². The zero-order valence-corrected chi connectivity index (χ0v) is 12.4. The van der Waals surface area contributed by atoms with Crippen molar-refractivity contribution < 1.29 is 4.79 Å². The Morgan fingerprint density at radius 3 is 2.47 bits per heavy atom. The third-order valence-corrected chi connectivity index (χ3v) is 5.80. The second-order valence-electron chi connectivity index (χ2n) is 4.90. The van der Waals surface area contributed by atoms with E-state index < -0.39 is 0 Å². The predicted molar refractivity (Wildman–Crippen MR) is 75.2 cm³/mol. The molecule has 0 spiro atoms. The van der Waals surface area contributed by atoms with Crippen LogP contribution in [0.15, 0.2) is 0 Å². The van der Waals surface area contributed by atoms with Crippen molar-refractivity contribution in [2.24, 2.45) is 0 Å². The molecule has 1 saturated carbocycles. The summed E-state index contributed by atoms with van der Waals surface area (Å²) in [4.78, 5) is 14.0. The minimum Gasteiger partial charge on any atom is -0.336 e. The average molecular weight is 296 g/mol. The van der Waals surface area contributed by atoms with Crippen LogP contribution in [0.4, 0.5) is 0 Å². The fourth-order valence-corrected chi connectivity index (χ4v) is 4.46. The Morgan fingerprint density at radius 1 is 1.24 bits per heavy atom. The number of halogens is 2. The maximum absolute atomic E-state index is 12.0. The Labute approximate surface area is 117 Å². The number of carbonyl (C=O) groups is 1. The first-order chi connectivity index (χ1) is 8.13. The first-order valence-electron chi connectivity index (χ1n) is 6.24. The lowest BCUT2D eigenvalue weighted by atomic mass is 9.91. The summed E-state index contributed by atoms with van der Waals surface area (Å²) in [5.41, 5.74) is 0. The molecule has 1 amide bonds. The molecular weight excluding hydrogens is 277 g/mol. The van der Waals surface area contributed by atoms with Gasteiger partial charge in [-0.1, -0.05) is 6.42 Å². The third-order valence-electron chi connectivity index (χ3n) is 3.80. The smallest absolute Gasteiger partial charge is 0.222 e. The molecule has 17 heavy (non-hydrogen) atoms. The highest BCUT2D eigenvalue weighted by molar-refractivity contribution is 7.99. The number of thioether (sulfide) groups is 1. The van der Waals surface area contributed by atoms with Gasteiger partial charge in [0.25, 0.3) is 0 Å². The summed E-state index contributed by atoms with van der Waals surface area (Å²) in [6, 6.07) is 0.0366. The second-order valence-corrected chi connectivity index (χ2v) is 7.16. The van der Waals surface area contributed by atoms with Crippen LogP contribution in [0.3, 0.4) is 0 Å². The van der Waals surface area contributed by atoms with Gasteiger partial charge in [0.2, 0.25) is 5.91 Å². The molecule has 1 saturated heterocycles. The molecule has 3 atom stereocenters. The number of hydrogen-bond donors (Lipinski definition) is 0. The third kappa shape index (κ3) is 3.05. The van der Waals surface area contributed by atoms with E-state index in [9.17, 15) is 4.79 Å². The van der Waals surface area contributed by atoms with Crippen molar-refractivity contribution in [1.82, 2.24) is 4.90 Å². The Kier molecular flexibility index (Phi) is 4.90. The Balaban J connectivity index is 2.09. The summed E-state index contributed by atoms with van der Waals surface area (Å²) in [6.07, 6.45) is 6.77. The number of alkyl halides is 2. The summed E-state index contributed by atoms with van der Waals surface area (Å²) in [7, 11) is 0. The highest BCUT2D eigenvalue weighted by Crippen LogP contribution is 2.34. The van der Waals surface area contributed by atoms with Gasteiger partial charge < -0.3 is 4.90 Å². The van der Waals surface area contributed by atoms with Gasteiger partial charge >= 0.3 is 0 Å². The van der Waals surface area contributed by atoms with E-state index in [0.29, 0.717) is 11.7 Å². The summed E-state index contributed by atoms with van der Waals surface area (Å²) in [5, 5.41) is 0.592. The van der Waals surface area contributed by atoms with Crippen LogP contribution in [-0.4, -0.2) is 45.7 Å². The average Bonchev–Trinajstić information content (AvgIpc) is 2.31. The van der Waals surface area contributed by atoms with Gasteiger partial charge in [-0.15, -0.1) is 23.2 Å². The number of rotatable bonds is 2. The van der Waals surface area contributed by atoms with E-state index in [1.807, 2.05) is 16.7 Å².